The van der Waals surface area contributed by atoms with Gasteiger partial charge in [-0.2, -0.15) is 0 Å². The molecule has 1 aliphatic carbocycles. The lowest BCUT2D eigenvalue weighted by molar-refractivity contribution is -0.143. The number of hydrogen-bond acceptors (Lipinski definition) is 13. The van der Waals surface area contributed by atoms with Crippen LogP contribution in [0.3, 0.4) is 0 Å². The number of rotatable bonds is 26. The van der Waals surface area contributed by atoms with E-state index in [-0.39, 0.29) is 73.8 Å². The van der Waals surface area contributed by atoms with Gasteiger partial charge >= 0.3 is 6.09 Å². The van der Waals surface area contributed by atoms with Gasteiger partial charge in [-0.25, -0.2) is 9.78 Å². The number of allylic oxidation sites excluding steroid dienone is 1. The number of ether oxygens (including phenoxy) is 4. The van der Waals surface area contributed by atoms with Crippen molar-refractivity contribution in [2.45, 2.75) is 96.2 Å². The summed E-state index contributed by atoms with van der Waals surface area (Å²) in [5, 5.41) is 21.7. The number of alkyl carbamates (subject to hydrolysis) is 1. The number of amides is 6. The molecule has 1 aromatic heterocycles. The molecule has 19 heteroatoms. The molecule has 420 valence electrons. The first kappa shape index (κ1) is 59.1. The smallest absolute Gasteiger partial charge is 0.407 e. The van der Waals surface area contributed by atoms with Crippen molar-refractivity contribution < 1.29 is 52.8 Å². The van der Waals surface area contributed by atoms with E-state index >= 15 is 0 Å². The zero-order valence-corrected chi connectivity index (χ0v) is 46.3. The molecule has 79 heavy (non-hydrogen) atoms. The van der Waals surface area contributed by atoms with Gasteiger partial charge in [-0.3, -0.25) is 24.0 Å². The van der Waals surface area contributed by atoms with E-state index in [2.05, 4.69) is 45.3 Å². The van der Waals surface area contributed by atoms with E-state index in [1.165, 1.54) is 19.5 Å². The lowest BCUT2D eigenvalue weighted by Gasteiger charge is -2.35. The van der Waals surface area contributed by atoms with E-state index in [1.807, 2.05) is 84.9 Å². The predicted octanol–water partition coefficient (Wildman–Crippen LogP) is 8.91. The molecule has 7 rings (SSSR count). The van der Waals surface area contributed by atoms with Gasteiger partial charge in [0.1, 0.15) is 40.9 Å². The van der Waals surface area contributed by atoms with Gasteiger partial charge in [0.05, 0.1) is 45.8 Å². The summed E-state index contributed by atoms with van der Waals surface area (Å²) >= 11 is 1.10. The molecule has 2 aliphatic rings. The molecule has 4 aromatic carbocycles. The molecule has 1 saturated carbocycles. The van der Waals surface area contributed by atoms with Gasteiger partial charge in [0, 0.05) is 26.2 Å². The summed E-state index contributed by atoms with van der Waals surface area (Å²) in [6.07, 6.45) is 4.45. The lowest BCUT2D eigenvalue weighted by atomic mass is 9.83. The summed E-state index contributed by atoms with van der Waals surface area (Å²) in [4.78, 5) is 87.3. The van der Waals surface area contributed by atoms with Crippen LogP contribution in [0, 0.1) is 5.92 Å². The zero-order valence-electron chi connectivity index (χ0n) is 45.5. The predicted molar refractivity (Wildman–Crippen MR) is 304 cm³/mol. The van der Waals surface area contributed by atoms with Crippen molar-refractivity contribution in [1.29, 1.82) is 0 Å². The molecule has 1 aliphatic heterocycles. The Kier molecular flexibility index (Phi) is 22.4. The van der Waals surface area contributed by atoms with Crippen molar-refractivity contribution in [3.63, 3.8) is 0 Å². The number of hydrogen-bond donors (Lipinski definition) is 5. The standard InChI is InChI=1S/C60H73N7O11S/c1-5-48(41-16-9-6-10-17-41)52(42-23-27-46(68)28-24-42)43-25-29-47(30-26-43)77-37-34-66(4)51(70)32-36-76-39-38-75-35-31-50(69)62-59-64-53(44-18-11-7-12-19-44)57(79-59)65-56(72)49-22-15-33-67(49)58(73)54(45-20-13-8-14-21-45)63-55(71)40(2)78-60(74)61-3/h6-7,9-12,16-19,23-30,40,45,49,54,68H,5,8,13-15,20-22,31-39H2,1-4H3,(H,61,74)(H,63,71)(H,65,72)(H,62,64,69)/t40-,49-,54-/m0/s1. The van der Waals surface area contributed by atoms with Gasteiger partial charge in [-0.1, -0.05) is 122 Å². The van der Waals surface area contributed by atoms with E-state index in [1.54, 1.807) is 29.0 Å². The average molecular weight is 1100 g/mol. The Morgan fingerprint density at radius 1 is 0.759 bits per heavy atom. The summed E-state index contributed by atoms with van der Waals surface area (Å²) < 4.78 is 22.5. The third-order valence-corrected chi connectivity index (χ3v) is 14.9. The zero-order chi connectivity index (χ0) is 56.1. The quantitative estimate of drug-likeness (QED) is 0.0258. The van der Waals surface area contributed by atoms with Crippen molar-refractivity contribution in [1.82, 2.24) is 25.4 Å². The SMILES string of the molecule is CCC(=C(c1ccc(O)cc1)c1ccc(OCCN(C)C(=O)CCOCCOCCC(=O)Nc2nc(-c3ccccc3)c(NC(=O)[C@@H]3CCCN3C(=O)[C@@H](NC(=O)[C@H](C)OC(=O)NC)C3CCCCC3)s2)cc1)c1ccccc1. The minimum Gasteiger partial charge on any atom is -0.508 e. The third-order valence-electron chi connectivity index (χ3n) is 14.0. The Bertz CT molecular complexity index is 2840. The highest BCUT2D eigenvalue weighted by molar-refractivity contribution is 7.20. The Morgan fingerprint density at radius 2 is 1.41 bits per heavy atom. The molecule has 5 aromatic rings. The monoisotopic (exact) mass is 1100 g/mol. The van der Waals surface area contributed by atoms with Crippen LogP contribution in [0.1, 0.15) is 94.7 Å². The Balaban J connectivity index is 0.828. The van der Waals surface area contributed by atoms with E-state index in [9.17, 15) is 33.9 Å². The second-order valence-electron chi connectivity index (χ2n) is 19.5. The van der Waals surface area contributed by atoms with Crippen LogP contribution in [0.2, 0.25) is 0 Å². The highest BCUT2D eigenvalue weighted by atomic mass is 32.1. The molecule has 3 atom stereocenters. The Morgan fingerprint density at radius 3 is 2.06 bits per heavy atom. The average Bonchev–Trinajstić information content (AvgIpc) is 4.18. The minimum absolute atomic E-state index is 0.0257. The van der Waals surface area contributed by atoms with E-state index in [0.717, 1.165) is 72.1 Å². The fraction of sp³-hybridized carbons (Fsp3) is 0.417. The van der Waals surface area contributed by atoms with Crippen molar-refractivity contribution in [3.05, 3.63) is 126 Å². The molecule has 5 N–H and O–H groups in total. The fourth-order valence-corrected chi connectivity index (χ4v) is 10.7. The van der Waals surface area contributed by atoms with Gasteiger partial charge in [-0.05, 0) is 97.0 Å². The van der Waals surface area contributed by atoms with Crippen molar-refractivity contribution in [2.24, 2.45) is 5.92 Å². The number of likely N-dealkylation sites (N-methyl/N-ethyl adjacent to an activating group) is 1. The molecule has 18 nitrogen and oxygen atoms in total. The molecule has 6 amide bonds. The lowest BCUT2D eigenvalue weighted by Crippen LogP contribution is -2.57. The number of carbonyl (C=O) groups is 6. The van der Waals surface area contributed by atoms with Gasteiger partial charge < -0.3 is 55.1 Å². The molecule has 0 spiro atoms. The molecular weight excluding hydrogens is 1030 g/mol. The van der Waals surface area contributed by atoms with E-state index in [4.69, 9.17) is 18.9 Å². The topological polar surface area (TPSA) is 227 Å². The number of nitrogens with zero attached hydrogens (tertiary/aromatic N) is 3. The van der Waals surface area contributed by atoms with Crippen LogP contribution in [-0.4, -0.2) is 134 Å². The highest BCUT2D eigenvalue weighted by Crippen LogP contribution is 2.38. The summed E-state index contributed by atoms with van der Waals surface area (Å²) in [5.74, 6) is -1.04. The number of likely N-dealkylation sites (tertiary alicyclic amines) is 1. The largest absolute Gasteiger partial charge is 0.508 e. The maximum Gasteiger partial charge on any atom is 0.407 e. The minimum atomic E-state index is -1.14. The first-order valence-electron chi connectivity index (χ1n) is 27.2. The second kappa shape index (κ2) is 29.9. The number of phenols is 1. The second-order valence-corrected chi connectivity index (χ2v) is 20.5. The molecule has 0 bridgehead atoms. The molecule has 1 saturated heterocycles. The number of anilines is 2. The molecule has 0 radical (unpaired) electrons. The molecule has 2 heterocycles. The van der Waals surface area contributed by atoms with Crippen LogP contribution < -0.4 is 26.0 Å². The Hall–Kier alpha value is -7.61. The summed E-state index contributed by atoms with van der Waals surface area (Å²) in [5.41, 5.74) is 6.58. The van der Waals surface area contributed by atoms with Crippen LogP contribution in [0.4, 0.5) is 14.9 Å². The number of aromatic hydroxyl groups is 1. The first-order valence-corrected chi connectivity index (χ1v) is 28.0. The third kappa shape index (κ3) is 16.9. The normalized spacial score (nSPS) is 15.5. The highest BCUT2D eigenvalue weighted by Gasteiger charge is 2.42. The number of thiazole rings is 1. The number of nitrogens with one attached hydrogen (secondary N) is 4. The summed E-state index contributed by atoms with van der Waals surface area (Å²) in [7, 11) is 3.12. The van der Waals surface area contributed by atoms with Crippen molar-refractivity contribution in [3.8, 4) is 22.8 Å². The molecule has 0 unspecified atom stereocenters. The Labute approximate surface area is 466 Å². The van der Waals surface area contributed by atoms with Gasteiger partial charge in [0.2, 0.25) is 23.6 Å². The van der Waals surface area contributed by atoms with Crippen LogP contribution >= 0.6 is 11.3 Å². The number of carbonyl (C=O) groups excluding carboxylic acids is 6. The summed E-state index contributed by atoms with van der Waals surface area (Å²) in [6.45, 7) is 5.36. The van der Waals surface area contributed by atoms with Gasteiger partial charge in [0.25, 0.3) is 5.91 Å². The molecule has 2 fully saturated rings. The van der Waals surface area contributed by atoms with Crippen LogP contribution in [0.25, 0.3) is 22.4 Å². The van der Waals surface area contributed by atoms with E-state index < -0.39 is 36.1 Å². The van der Waals surface area contributed by atoms with Gasteiger partial charge in [0.15, 0.2) is 11.2 Å². The van der Waals surface area contributed by atoms with Crippen LogP contribution in [0.5, 0.6) is 11.5 Å². The van der Waals surface area contributed by atoms with Crippen LogP contribution in [0.15, 0.2) is 109 Å². The van der Waals surface area contributed by atoms with Crippen LogP contribution in [-0.2, 0) is 38.2 Å². The van der Waals surface area contributed by atoms with Crippen molar-refractivity contribution >= 4 is 68.2 Å². The fourth-order valence-electron chi connectivity index (χ4n) is 9.79. The maximum absolute atomic E-state index is 14.4. The number of phenolic OH excluding ortho intramolecular Hbond substituents is 1. The molecular formula is C60H73N7O11S. The van der Waals surface area contributed by atoms with Crippen molar-refractivity contribution in [2.75, 3.05) is 70.9 Å². The number of benzene rings is 4. The maximum atomic E-state index is 14.4. The first-order chi connectivity index (χ1) is 38.3. The van der Waals surface area contributed by atoms with E-state index in [0.29, 0.717) is 54.5 Å². The summed E-state index contributed by atoms with van der Waals surface area (Å²) in [6, 6.07) is 33.0. The number of aromatic nitrogens is 1. The van der Waals surface area contributed by atoms with Gasteiger partial charge in [-0.15, -0.1) is 0 Å².